The first-order valence-electron chi connectivity index (χ1n) is 8.50. The highest BCUT2D eigenvalue weighted by atomic mass is 16.1. The van der Waals surface area contributed by atoms with Crippen molar-refractivity contribution in [2.24, 2.45) is 5.41 Å². The SMILES string of the molecule is CCC(C)(C#Cc1ccccc1)C(=O)c1ccc(C(C)(C)C)cc1. The molecular formula is C23H26O. The smallest absolute Gasteiger partial charge is 0.180 e. The van der Waals surface area contributed by atoms with Gasteiger partial charge in [0.15, 0.2) is 5.78 Å². The largest absolute Gasteiger partial charge is 0.292 e. The fraction of sp³-hybridized carbons (Fsp3) is 0.348. The molecule has 0 aliphatic carbocycles. The van der Waals surface area contributed by atoms with Crippen LogP contribution in [-0.4, -0.2) is 5.78 Å². The van der Waals surface area contributed by atoms with E-state index in [-0.39, 0.29) is 11.2 Å². The third-order valence-corrected chi connectivity index (χ3v) is 4.48. The molecule has 0 aliphatic heterocycles. The number of rotatable bonds is 3. The van der Waals surface area contributed by atoms with Crippen LogP contribution in [0.15, 0.2) is 54.6 Å². The molecule has 1 unspecified atom stereocenters. The van der Waals surface area contributed by atoms with E-state index >= 15 is 0 Å². The minimum atomic E-state index is -0.668. The van der Waals surface area contributed by atoms with Crippen LogP contribution < -0.4 is 0 Å². The summed E-state index contributed by atoms with van der Waals surface area (Å²) in [5, 5.41) is 0. The van der Waals surface area contributed by atoms with Gasteiger partial charge in [-0.25, -0.2) is 0 Å². The summed E-state index contributed by atoms with van der Waals surface area (Å²) in [6, 6.07) is 17.8. The van der Waals surface area contributed by atoms with Gasteiger partial charge in [0.25, 0.3) is 0 Å². The summed E-state index contributed by atoms with van der Waals surface area (Å²) in [5.74, 6) is 6.45. The van der Waals surface area contributed by atoms with Gasteiger partial charge in [0.2, 0.25) is 0 Å². The van der Waals surface area contributed by atoms with Crippen molar-refractivity contribution >= 4 is 5.78 Å². The molecule has 0 aliphatic rings. The van der Waals surface area contributed by atoms with Crippen molar-refractivity contribution in [3.8, 4) is 11.8 Å². The zero-order chi connectivity index (χ0) is 17.8. The van der Waals surface area contributed by atoms with Crippen LogP contribution in [0.5, 0.6) is 0 Å². The molecule has 0 bridgehead atoms. The Morgan fingerprint density at radius 1 is 0.917 bits per heavy atom. The molecule has 24 heavy (non-hydrogen) atoms. The average Bonchev–Trinajstić information content (AvgIpc) is 2.59. The molecule has 0 saturated carbocycles. The van der Waals surface area contributed by atoms with Crippen LogP contribution in [0.1, 0.15) is 62.5 Å². The molecule has 0 saturated heterocycles. The molecule has 0 heterocycles. The Balaban J connectivity index is 2.30. The molecule has 0 radical (unpaired) electrons. The van der Waals surface area contributed by atoms with Gasteiger partial charge in [0, 0.05) is 11.1 Å². The van der Waals surface area contributed by atoms with Crippen molar-refractivity contribution in [2.45, 2.75) is 46.5 Å². The maximum absolute atomic E-state index is 13.0. The van der Waals surface area contributed by atoms with E-state index in [1.165, 1.54) is 5.56 Å². The molecule has 1 atom stereocenters. The summed E-state index contributed by atoms with van der Waals surface area (Å²) in [6.45, 7) is 10.5. The Morgan fingerprint density at radius 2 is 1.50 bits per heavy atom. The van der Waals surface area contributed by atoms with Crippen molar-refractivity contribution in [1.29, 1.82) is 0 Å². The van der Waals surface area contributed by atoms with E-state index in [9.17, 15) is 4.79 Å². The minimum Gasteiger partial charge on any atom is -0.292 e. The van der Waals surface area contributed by atoms with E-state index in [1.54, 1.807) is 0 Å². The van der Waals surface area contributed by atoms with Gasteiger partial charge in [0.05, 0.1) is 5.41 Å². The van der Waals surface area contributed by atoms with E-state index in [2.05, 4.69) is 32.6 Å². The van der Waals surface area contributed by atoms with Crippen LogP contribution in [0.25, 0.3) is 0 Å². The summed E-state index contributed by atoms with van der Waals surface area (Å²) in [5.41, 5.74) is 2.32. The first kappa shape index (κ1) is 18.0. The van der Waals surface area contributed by atoms with Gasteiger partial charge in [-0.05, 0) is 36.5 Å². The molecule has 2 rings (SSSR count). The van der Waals surface area contributed by atoms with Crippen LogP contribution in [0.2, 0.25) is 0 Å². The van der Waals surface area contributed by atoms with Crippen LogP contribution in [0, 0.1) is 17.3 Å². The summed E-state index contributed by atoms with van der Waals surface area (Å²) in [7, 11) is 0. The molecule has 0 N–H and O–H groups in total. The second-order valence-corrected chi connectivity index (χ2v) is 7.46. The number of hydrogen-bond donors (Lipinski definition) is 0. The van der Waals surface area contributed by atoms with E-state index in [0.29, 0.717) is 6.42 Å². The molecule has 0 aromatic heterocycles. The van der Waals surface area contributed by atoms with Crippen molar-refractivity contribution < 1.29 is 4.79 Å². The highest BCUT2D eigenvalue weighted by Crippen LogP contribution is 2.28. The Labute approximate surface area is 146 Å². The molecule has 0 amide bonds. The standard InChI is InChI=1S/C23H26O/c1-6-23(5,17-16-18-10-8-7-9-11-18)21(24)19-12-14-20(15-13-19)22(2,3)4/h7-15H,6H2,1-5H3. The fourth-order valence-electron chi connectivity index (χ4n) is 2.48. The summed E-state index contributed by atoms with van der Waals surface area (Å²) in [4.78, 5) is 13.0. The lowest BCUT2D eigenvalue weighted by atomic mass is 9.79. The molecule has 1 nitrogen and oxygen atoms in total. The number of carbonyl (C=O) groups excluding carboxylic acids is 1. The van der Waals surface area contributed by atoms with Gasteiger partial charge in [-0.2, -0.15) is 0 Å². The lowest BCUT2D eigenvalue weighted by Crippen LogP contribution is -2.25. The van der Waals surface area contributed by atoms with E-state index in [1.807, 2.05) is 68.4 Å². The minimum absolute atomic E-state index is 0.0861. The molecule has 124 valence electrons. The quantitative estimate of drug-likeness (QED) is 0.529. The lowest BCUT2D eigenvalue weighted by molar-refractivity contribution is 0.0874. The maximum atomic E-state index is 13.0. The van der Waals surface area contributed by atoms with E-state index in [0.717, 1.165) is 11.1 Å². The first-order valence-corrected chi connectivity index (χ1v) is 8.50. The Bertz CT molecular complexity index is 752. The van der Waals surface area contributed by atoms with Crippen molar-refractivity contribution in [3.63, 3.8) is 0 Å². The number of Topliss-reactive ketones (excluding diaryl/α,β-unsaturated/α-hetero) is 1. The second kappa shape index (κ2) is 7.05. The normalized spacial score (nSPS) is 13.5. The van der Waals surface area contributed by atoms with E-state index < -0.39 is 5.41 Å². The molecule has 1 heteroatoms. The molecule has 0 fully saturated rings. The zero-order valence-electron chi connectivity index (χ0n) is 15.3. The lowest BCUT2D eigenvalue weighted by Gasteiger charge is -2.22. The zero-order valence-corrected chi connectivity index (χ0v) is 15.3. The van der Waals surface area contributed by atoms with Gasteiger partial charge in [-0.15, -0.1) is 0 Å². The number of benzene rings is 2. The number of ketones is 1. The third-order valence-electron chi connectivity index (χ3n) is 4.48. The summed E-state index contributed by atoms with van der Waals surface area (Å²) in [6.07, 6.45) is 0.687. The monoisotopic (exact) mass is 318 g/mol. The third kappa shape index (κ3) is 4.15. The van der Waals surface area contributed by atoms with Crippen molar-refractivity contribution in [2.75, 3.05) is 0 Å². The summed E-state index contributed by atoms with van der Waals surface area (Å²) < 4.78 is 0. The molecule has 2 aromatic carbocycles. The highest BCUT2D eigenvalue weighted by molar-refractivity contribution is 6.02. The Kier molecular flexibility index (Phi) is 5.30. The maximum Gasteiger partial charge on any atom is 0.180 e. The molecule has 2 aromatic rings. The van der Waals surface area contributed by atoms with Crippen LogP contribution >= 0.6 is 0 Å². The van der Waals surface area contributed by atoms with Gasteiger partial charge in [-0.1, -0.05) is 82.0 Å². The fourth-order valence-corrected chi connectivity index (χ4v) is 2.48. The molecular weight excluding hydrogens is 292 g/mol. The van der Waals surface area contributed by atoms with Crippen LogP contribution in [-0.2, 0) is 5.41 Å². The summed E-state index contributed by atoms with van der Waals surface area (Å²) >= 11 is 0. The highest BCUT2D eigenvalue weighted by Gasteiger charge is 2.30. The predicted molar refractivity (Wildman–Crippen MR) is 101 cm³/mol. The van der Waals surface area contributed by atoms with Crippen molar-refractivity contribution in [3.05, 3.63) is 71.3 Å². The Hall–Kier alpha value is -2.33. The van der Waals surface area contributed by atoms with Crippen molar-refractivity contribution in [1.82, 2.24) is 0 Å². The van der Waals surface area contributed by atoms with Gasteiger partial charge < -0.3 is 0 Å². The number of carbonyl (C=O) groups is 1. The topological polar surface area (TPSA) is 17.1 Å². The van der Waals surface area contributed by atoms with Crippen LogP contribution in [0.4, 0.5) is 0 Å². The average molecular weight is 318 g/mol. The first-order chi connectivity index (χ1) is 11.3. The number of hydrogen-bond acceptors (Lipinski definition) is 1. The Morgan fingerprint density at radius 3 is 2.00 bits per heavy atom. The van der Waals surface area contributed by atoms with Gasteiger partial charge in [0.1, 0.15) is 0 Å². The van der Waals surface area contributed by atoms with Crippen LogP contribution in [0.3, 0.4) is 0 Å². The second-order valence-electron chi connectivity index (χ2n) is 7.46. The van der Waals surface area contributed by atoms with Gasteiger partial charge >= 0.3 is 0 Å². The van der Waals surface area contributed by atoms with E-state index in [4.69, 9.17) is 0 Å². The predicted octanol–water partition coefficient (Wildman–Crippen LogP) is 5.63. The molecule has 0 spiro atoms. The van der Waals surface area contributed by atoms with Gasteiger partial charge in [-0.3, -0.25) is 4.79 Å².